The van der Waals surface area contributed by atoms with E-state index in [0.29, 0.717) is 5.95 Å². The highest BCUT2D eigenvalue weighted by molar-refractivity contribution is 7.90. The number of aromatic nitrogens is 2. The van der Waals surface area contributed by atoms with Gasteiger partial charge in [0.25, 0.3) is 0 Å². The molecule has 0 fully saturated rings. The van der Waals surface area contributed by atoms with Gasteiger partial charge in [0.15, 0.2) is 14.9 Å². The highest BCUT2D eigenvalue weighted by atomic mass is 32.2. The van der Waals surface area contributed by atoms with Crippen LogP contribution in [0.25, 0.3) is 0 Å². The van der Waals surface area contributed by atoms with E-state index in [2.05, 4.69) is 9.97 Å². The number of hydrogen-bond acceptors (Lipinski definition) is 5. The van der Waals surface area contributed by atoms with Gasteiger partial charge in [0.2, 0.25) is 5.95 Å². The maximum atomic E-state index is 11.3. The molecule has 0 aliphatic rings. The summed E-state index contributed by atoms with van der Waals surface area (Å²) in [6.45, 7) is 5.45. The maximum absolute atomic E-state index is 11.3. The van der Waals surface area contributed by atoms with Crippen LogP contribution in [0.2, 0.25) is 0 Å². The molecule has 0 amide bonds. The molecule has 0 aliphatic carbocycles. The fourth-order valence-corrected chi connectivity index (χ4v) is 1.75. The lowest BCUT2D eigenvalue weighted by Gasteiger charge is -2.18. The molecule has 0 saturated carbocycles. The van der Waals surface area contributed by atoms with Crippen molar-refractivity contribution in [2.75, 3.05) is 24.2 Å². The minimum Gasteiger partial charge on any atom is -0.341 e. The molecule has 0 N–H and O–H groups in total. The predicted molar refractivity (Wildman–Crippen MR) is 58.7 cm³/mol. The Morgan fingerprint density at radius 3 is 2.40 bits per heavy atom. The van der Waals surface area contributed by atoms with E-state index in [1.54, 1.807) is 0 Å². The Hall–Kier alpha value is -1.17. The van der Waals surface area contributed by atoms with Gasteiger partial charge in [-0.25, -0.2) is 18.4 Å². The number of sulfone groups is 1. The highest BCUT2D eigenvalue weighted by Gasteiger charge is 2.12. The third-order valence-electron chi connectivity index (χ3n) is 2.04. The molecular formula is C9H15N3O2S. The van der Waals surface area contributed by atoms with E-state index < -0.39 is 9.84 Å². The molecule has 0 spiro atoms. The first-order valence-electron chi connectivity index (χ1n) is 4.77. The Labute approximate surface area is 90.1 Å². The van der Waals surface area contributed by atoms with Gasteiger partial charge in [-0.2, -0.15) is 0 Å². The molecule has 0 bridgehead atoms. The van der Waals surface area contributed by atoms with E-state index >= 15 is 0 Å². The summed E-state index contributed by atoms with van der Waals surface area (Å²) in [5.41, 5.74) is 0. The second kappa shape index (κ2) is 4.57. The van der Waals surface area contributed by atoms with Crippen LogP contribution in [-0.4, -0.2) is 37.7 Å². The summed E-state index contributed by atoms with van der Waals surface area (Å²) < 4.78 is 22.6. The lowest BCUT2D eigenvalue weighted by Crippen LogP contribution is -2.24. The first-order chi connectivity index (χ1) is 6.99. The molecule has 5 nitrogen and oxygen atoms in total. The summed E-state index contributed by atoms with van der Waals surface area (Å²) in [5.74, 6) is 0.461. The summed E-state index contributed by atoms with van der Waals surface area (Å²) in [6.07, 6.45) is 2.61. The summed E-state index contributed by atoms with van der Waals surface area (Å²) in [7, 11) is -3.25. The number of rotatable bonds is 4. The summed E-state index contributed by atoms with van der Waals surface area (Å²) in [6, 6.07) is 1.41. The van der Waals surface area contributed by atoms with Crippen LogP contribution >= 0.6 is 0 Å². The van der Waals surface area contributed by atoms with E-state index in [-0.39, 0.29) is 5.03 Å². The molecule has 6 heteroatoms. The van der Waals surface area contributed by atoms with Gasteiger partial charge in [0.1, 0.15) is 0 Å². The van der Waals surface area contributed by atoms with Gasteiger partial charge in [0, 0.05) is 25.5 Å². The molecule has 0 unspecified atom stereocenters. The molecule has 15 heavy (non-hydrogen) atoms. The zero-order valence-corrected chi connectivity index (χ0v) is 9.95. The normalized spacial score (nSPS) is 11.4. The second-order valence-corrected chi connectivity index (χ2v) is 5.10. The summed E-state index contributed by atoms with van der Waals surface area (Å²) in [4.78, 5) is 9.96. The molecule has 0 saturated heterocycles. The first kappa shape index (κ1) is 11.9. The van der Waals surface area contributed by atoms with Crippen molar-refractivity contribution in [1.29, 1.82) is 0 Å². The van der Waals surface area contributed by atoms with Crippen molar-refractivity contribution in [3.8, 4) is 0 Å². The van der Waals surface area contributed by atoms with Crippen molar-refractivity contribution in [2.45, 2.75) is 18.9 Å². The smallest absolute Gasteiger partial charge is 0.226 e. The van der Waals surface area contributed by atoms with Crippen LogP contribution in [0.15, 0.2) is 17.3 Å². The molecule has 0 aromatic carbocycles. The lowest BCUT2D eigenvalue weighted by atomic mass is 10.5. The molecule has 84 valence electrons. The molecule has 1 rings (SSSR count). The van der Waals surface area contributed by atoms with Gasteiger partial charge in [-0.05, 0) is 19.9 Å². The number of anilines is 1. The minimum atomic E-state index is -3.25. The van der Waals surface area contributed by atoms with Crippen LogP contribution in [0.5, 0.6) is 0 Å². The molecule has 1 aromatic heterocycles. The molecule has 1 heterocycles. The van der Waals surface area contributed by atoms with Crippen LogP contribution in [0.4, 0.5) is 5.95 Å². The van der Waals surface area contributed by atoms with Crippen molar-refractivity contribution in [3.63, 3.8) is 0 Å². The van der Waals surface area contributed by atoms with E-state index in [9.17, 15) is 8.42 Å². The van der Waals surface area contributed by atoms with Crippen LogP contribution < -0.4 is 4.90 Å². The van der Waals surface area contributed by atoms with Gasteiger partial charge in [0.05, 0.1) is 0 Å². The van der Waals surface area contributed by atoms with Gasteiger partial charge in [-0.15, -0.1) is 0 Å². The van der Waals surface area contributed by atoms with Crippen LogP contribution in [0.1, 0.15) is 13.8 Å². The average Bonchev–Trinajstić information content (AvgIpc) is 2.19. The van der Waals surface area contributed by atoms with Gasteiger partial charge in [-0.1, -0.05) is 0 Å². The van der Waals surface area contributed by atoms with Crippen molar-refractivity contribution in [3.05, 3.63) is 12.3 Å². The standard InChI is InChI=1S/C9H15N3O2S/c1-4-12(5-2)9-10-7-6-8(11-9)15(3,13)14/h6-7H,4-5H2,1-3H3. The first-order valence-corrected chi connectivity index (χ1v) is 6.66. The molecular weight excluding hydrogens is 214 g/mol. The molecule has 0 atom stereocenters. The van der Waals surface area contributed by atoms with Crippen molar-refractivity contribution >= 4 is 15.8 Å². The van der Waals surface area contributed by atoms with Crippen molar-refractivity contribution < 1.29 is 8.42 Å². The fourth-order valence-electron chi connectivity index (χ4n) is 1.20. The SMILES string of the molecule is CCN(CC)c1nccc(S(C)(=O)=O)n1. The van der Waals surface area contributed by atoms with Gasteiger partial charge >= 0.3 is 0 Å². The van der Waals surface area contributed by atoms with E-state index in [4.69, 9.17) is 0 Å². The van der Waals surface area contributed by atoms with Crippen molar-refractivity contribution in [2.24, 2.45) is 0 Å². The fraction of sp³-hybridized carbons (Fsp3) is 0.556. The zero-order chi connectivity index (χ0) is 11.5. The van der Waals surface area contributed by atoms with Crippen LogP contribution in [-0.2, 0) is 9.84 Å². The Morgan fingerprint density at radius 2 is 1.93 bits per heavy atom. The quantitative estimate of drug-likeness (QED) is 0.712. The zero-order valence-electron chi connectivity index (χ0n) is 9.14. The van der Waals surface area contributed by atoms with Gasteiger partial charge in [-0.3, -0.25) is 0 Å². The van der Waals surface area contributed by atoms with Crippen molar-refractivity contribution in [1.82, 2.24) is 9.97 Å². The topological polar surface area (TPSA) is 63.2 Å². The Kier molecular flexibility index (Phi) is 3.62. The Balaban J connectivity index is 3.13. The van der Waals surface area contributed by atoms with E-state index in [0.717, 1.165) is 19.3 Å². The summed E-state index contributed by atoms with van der Waals surface area (Å²) >= 11 is 0. The highest BCUT2D eigenvalue weighted by Crippen LogP contribution is 2.10. The largest absolute Gasteiger partial charge is 0.341 e. The molecule has 0 aliphatic heterocycles. The Bertz CT molecular complexity index is 427. The van der Waals surface area contributed by atoms with Crippen LogP contribution in [0, 0.1) is 0 Å². The number of hydrogen-bond donors (Lipinski definition) is 0. The Morgan fingerprint density at radius 1 is 1.33 bits per heavy atom. The maximum Gasteiger partial charge on any atom is 0.226 e. The van der Waals surface area contributed by atoms with Crippen LogP contribution in [0.3, 0.4) is 0 Å². The third kappa shape index (κ3) is 2.89. The molecule has 0 radical (unpaired) electrons. The molecule has 1 aromatic rings. The second-order valence-electron chi connectivity index (χ2n) is 3.14. The number of nitrogens with zero attached hydrogens (tertiary/aromatic N) is 3. The van der Waals surface area contributed by atoms with Gasteiger partial charge < -0.3 is 4.90 Å². The minimum absolute atomic E-state index is 0.0689. The average molecular weight is 229 g/mol. The van der Waals surface area contributed by atoms with E-state index in [1.807, 2.05) is 18.7 Å². The monoisotopic (exact) mass is 229 g/mol. The lowest BCUT2D eigenvalue weighted by molar-refractivity contribution is 0.597. The summed E-state index contributed by atoms with van der Waals surface area (Å²) in [5, 5.41) is 0.0689. The third-order valence-corrected chi connectivity index (χ3v) is 3.03. The predicted octanol–water partition coefficient (Wildman–Crippen LogP) is 0.726. The van der Waals surface area contributed by atoms with E-state index in [1.165, 1.54) is 12.3 Å².